The first-order chi connectivity index (χ1) is 28.3. The van der Waals surface area contributed by atoms with Crippen molar-refractivity contribution in [1.29, 1.82) is 0 Å². The molecule has 0 unspecified atom stereocenters. The van der Waals surface area contributed by atoms with Gasteiger partial charge in [-0.15, -0.1) is 0 Å². The third-order valence-electron chi connectivity index (χ3n) is 14.0. The fourth-order valence-corrected chi connectivity index (χ4v) is 11.5. The van der Waals surface area contributed by atoms with Crippen LogP contribution in [-0.2, 0) is 10.8 Å². The average Bonchev–Trinajstić information content (AvgIpc) is 3.75. The van der Waals surface area contributed by atoms with Gasteiger partial charge in [-0.25, -0.2) is 0 Å². The van der Waals surface area contributed by atoms with Crippen molar-refractivity contribution in [2.75, 3.05) is 9.71 Å². The molecule has 1 aromatic heterocycles. The van der Waals surface area contributed by atoms with E-state index in [4.69, 9.17) is 4.42 Å². The molecule has 13 rings (SSSR count). The maximum absolute atomic E-state index is 6.88. The minimum Gasteiger partial charge on any atom is -0.456 e. The zero-order valence-electron chi connectivity index (χ0n) is 33.0. The van der Waals surface area contributed by atoms with Gasteiger partial charge in [0.1, 0.15) is 11.2 Å². The summed E-state index contributed by atoms with van der Waals surface area (Å²) in [7, 11) is 0. The summed E-state index contributed by atoms with van der Waals surface area (Å²) in [5.41, 5.74) is 23.2. The van der Waals surface area contributed by atoms with Gasteiger partial charge in [0, 0.05) is 38.8 Å². The highest BCUT2D eigenvalue weighted by Crippen LogP contribution is 2.59. The fraction of sp³-hybridized carbons (Fsp3) is 0.111. The highest BCUT2D eigenvalue weighted by atomic mass is 16.3. The van der Waals surface area contributed by atoms with Crippen molar-refractivity contribution in [3.05, 3.63) is 186 Å². The van der Waals surface area contributed by atoms with Crippen molar-refractivity contribution < 1.29 is 4.42 Å². The number of anilines is 5. The molecule has 0 saturated carbocycles. The lowest BCUT2D eigenvalue weighted by molar-refractivity contribution is 0.632. The molecular weight excluding hydrogens is 703 g/mol. The Morgan fingerprint density at radius 2 is 1.17 bits per heavy atom. The summed E-state index contributed by atoms with van der Waals surface area (Å²) in [5, 5.41) is 2.32. The predicted molar refractivity (Wildman–Crippen MR) is 243 cm³/mol. The molecule has 8 aromatic carbocycles. The quantitative estimate of drug-likeness (QED) is 0.164. The Bertz CT molecular complexity index is 3260. The topological polar surface area (TPSA) is 19.6 Å². The normalized spacial score (nSPS) is 15.8. The standard InChI is InChI=1S/C54H39BN2O/c1-53(2)40-22-11-12-25-43(40)56-51-41(53)23-15-24-42(51)55-50-38(31-47-48(52(50)56)37-19-9-13-27-46(37)58-47)35-29-28-33(32-16-6-5-7-17-32)30-45(35)57(55)44-26-14-20-36-34-18-8-10-21-39(34)54(3,4)49(36)44/h5-31H,1-4H3. The van der Waals surface area contributed by atoms with Gasteiger partial charge in [0.25, 0.3) is 0 Å². The van der Waals surface area contributed by atoms with E-state index in [0.29, 0.717) is 0 Å². The second kappa shape index (κ2) is 11.0. The molecule has 0 bridgehead atoms. The molecule has 4 heteroatoms. The Labute approximate surface area is 338 Å². The predicted octanol–water partition coefficient (Wildman–Crippen LogP) is 12.9. The molecule has 4 aliphatic rings. The number of fused-ring (bicyclic) bond motifs is 13. The summed E-state index contributed by atoms with van der Waals surface area (Å²) in [4.78, 5) is 5.34. The fourth-order valence-electron chi connectivity index (χ4n) is 11.5. The third kappa shape index (κ3) is 3.90. The second-order valence-corrected chi connectivity index (χ2v) is 17.6. The van der Waals surface area contributed by atoms with Crippen molar-refractivity contribution in [3.63, 3.8) is 0 Å². The van der Waals surface area contributed by atoms with Gasteiger partial charge in [-0.1, -0.05) is 161 Å². The lowest BCUT2D eigenvalue weighted by Gasteiger charge is -2.51. The van der Waals surface area contributed by atoms with Crippen LogP contribution in [0.3, 0.4) is 0 Å². The van der Waals surface area contributed by atoms with Gasteiger partial charge >= 0.3 is 6.85 Å². The summed E-state index contributed by atoms with van der Waals surface area (Å²) in [6.07, 6.45) is 0. The molecule has 0 amide bonds. The van der Waals surface area contributed by atoms with Crippen LogP contribution in [0.4, 0.5) is 28.4 Å². The molecule has 0 fully saturated rings. The molecule has 0 saturated heterocycles. The molecule has 9 aromatic rings. The molecule has 1 aliphatic carbocycles. The van der Waals surface area contributed by atoms with Crippen LogP contribution in [0.5, 0.6) is 0 Å². The van der Waals surface area contributed by atoms with Crippen LogP contribution >= 0.6 is 0 Å². The SMILES string of the molecule is CC1(C)c2ccccc2N2c3c(cccc31)B1c3c(cc4oc5ccccc5c4c32)-c2ccc(-c3ccccc3)cc2N1c1cccc2c1C(C)(C)c1ccccc1-2. The molecule has 4 heterocycles. The number of rotatable bonds is 2. The Balaban J connectivity index is 1.22. The van der Waals surface area contributed by atoms with Gasteiger partial charge in [-0.2, -0.15) is 0 Å². The van der Waals surface area contributed by atoms with Crippen LogP contribution in [0.25, 0.3) is 55.3 Å². The molecule has 3 aliphatic heterocycles. The molecule has 58 heavy (non-hydrogen) atoms. The van der Waals surface area contributed by atoms with Crippen molar-refractivity contribution in [1.82, 2.24) is 0 Å². The van der Waals surface area contributed by atoms with E-state index < -0.39 is 0 Å². The van der Waals surface area contributed by atoms with E-state index in [1.54, 1.807) is 0 Å². The Kier molecular flexibility index (Phi) is 6.13. The summed E-state index contributed by atoms with van der Waals surface area (Å²) < 4.78 is 6.88. The van der Waals surface area contributed by atoms with Crippen LogP contribution in [0, 0.1) is 0 Å². The van der Waals surface area contributed by atoms with Crippen LogP contribution < -0.4 is 20.6 Å². The smallest absolute Gasteiger partial charge is 0.333 e. The van der Waals surface area contributed by atoms with Crippen LogP contribution in [-0.4, -0.2) is 6.85 Å². The van der Waals surface area contributed by atoms with E-state index in [1.165, 1.54) is 100 Å². The Hall–Kier alpha value is -6.78. The van der Waals surface area contributed by atoms with Gasteiger partial charge < -0.3 is 14.1 Å². The van der Waals surface area contributed by atoms with E-state index in [-0.39, 0.29) is 17.7 Å². The Morgan fingerprint density at radius 3 is 2.05 bits per heavy atom. The summed E-state index contributed by atoms with van der Waals surface area (Å²) >= 11 is 0. The van der Waals surface area contributed by atoms with E-state index in [9.17, 15) is 0 Å². The first-order valence-electron chi connectivity index (χ1n) is 20.6. The lowest BCUT2D eigenvalue weighted by atomic mass is 9.42. The molecule has 0 spiro atoms. The van der Waals surface area contributed by atoms with Crippen molar-refractivity contribution in [2.45, 2.75) is 38.5 Å². The lowest BCUT2D eigenvalue weighted by Crippen LogP contribution is -2.62. The summed E-state index contributed by atoms with van der Waals surface area (Å²) in [6, 6.07) is 61.1. The molecule has 0 N–H and O–H groups in total. The molecular formula is C54H39BN2O. The highest BCUT2D eigenvalue weighted by Gasteiger charge is 2.51. The second-order valence-electron chi connectivity index (χ2n) is 17.6. The number of nitrogens with zero attached hydrogens (tertiary/aromatic N) is 2. The maximum atomic E-state index is 6.88. The minimum atomic E-state index is -0.222. The Morgan fingerprint density at radius 1 is 0.466 bits per heavy atom. The van der Waals surface area contributed by atoms with Crippen molar-refractivity contribution in [2.24, 2.45) is 0 Å². The molecule has 0 radical (unpaired) electrons. The highest BCUT2D eigenvalue weighted by molar-refractivity contribution is 6.94. The van der Waals surface area contributed by atoms with E-state index in [0.717, 1.165) is 16.6 Å². The largest absolute Gasteiger partial charge is 0.456 e. The first kappa shape index (κ1) is 32.3. The average molecular weight is 743 g/mol. The van der Waals surface area contributed by atoms with Crippen LogP contribution in [0.2, 0.25) is 0 Å². The zero-order valence-corrected chi connectivity index (χ0v) is 33.0. The first-order valence-corrected chi connectivity index (χ1v) is 20.6. The number of para-hydroxylation sites is 3. The van der Waals surface area contributed by atoms with E-state index in [1.807, 2.05) is 0 Å². The van der Waals surface area contributed by atoms with Gasteiger partial charge in [0.2, 0.25) is 0 Å². The van der Waals surface area contributed by atoms with E-state index in [2.05, 4.69) is 201 Å². The minimum absolute atomic E-state index is 0.125. The number of hydrogen-bond acceptors (Lipinski definition) is 3. The third-order valence-corrected chi connectivity index (χ3v) is 14.0. The van der Waals surface area contributed by atoms with Crippen molar-refractivity contribution in [3.8, 4) is 33.4 Å². The van der Waals surface area contributed by atoms with Crippen LogP contribution in [0.15, 0.2) is 168 Å². The van der Waals surface area contributed by atoms with Gasteiger partial charge in [0.15, 0.2) is 0 Å². The van der Waals surface area contributed by atoms with Gasteiger partial charge in [-0.3, -0.25) is 0 Å². The van der Waals surface area contributed by atoms with Gasteiger partial charge in [0.05, 0.1) is 16.8 Å². The number of hydrogen-bond donors (Lipinski definition) is 0. The summed E-state index contributed by atoms with van der Waals surface area (Å²) in [5.74, 6) is 0. The summed E-state index contributed by atoms with van der Waals surface area (Å²) in [6.45, 7) is 9.51. The monoisotopic (exact) mass is 742 g/mol. The maximum Gasteiger partial charge on any atom is 0.333 e. The molecule has 3 nitrogen and oxygen atoms in total. The number of benzene rings is 8. The molecule has 0 atom stereocenters. The van der Waals surface area contributed by atoms with E-state index >= 15 is 0 Å². The van der Waals surface area contributed by atoms with Gasteiger partial charge in [-0.05, 0) is 91.3 Å². The zero-order chi connectivity index (χ0) is 38.7. The number of furan rings is 1. The van der Waals surface area contributed by atoms with Crippen LogP contribution in [0.1, 0.15) is 49.9 Å². The van der Waals surface area contributed by atoms with Crippen molar-refractivity contribution >= 4 is 68.1 Å². The molecule has 274 valence electrons.